The third-order valence-electron chi connectivity index (χ3n) is 2.95. The van der Waals surface area contributed by atoms with Gasteiger partial charge in [-0.05, 0) is 37.7 Å². The summed E-state index contributed by atoms with van der Waals surface area (Å²) in [7, 11) is 0. The molecule has 0 aliphatic carbocycles. The molecule has 0 fully saturated rings. The summed E-state index contributed by atoms with van der Waals surface area (Å²) in [5.41, 5.74) is 1.20. The Morgan fingerprint density at radius 3 is 2.57 bits per heavy atom. The van der Waals surface area contributed by atoms with Crippen molar-refractivity contribution in [3.63, 3.8) is 0 Å². The fraction of sp³-hybridized carbons (Fsp3) is 0.333. The van der Waals surface area contributed by atoms with E-state index in [-0.39, 0.29) is 42.6 Å². The zero-order valence-electron chi connectivity index (χ0n) is 12.8. The average Bonchev–Trinajstić information content (AvgIpc) is 2.96. The summed E-state index contributed by atoms with van der Waals surface area (Å²) in [5.74, 6) is -0.477. The first-order chi connectivity index (χ1) is 10.1. The van der Waals surface area contributed by atoms with E-state index >= 15 is 0 Å². The number of amides is 1. The Labute approximate surface area is 151 Å². The number of nitrogens with one attached hydrogen (secondary N) is 2. The lowest BCUT2D eigenvalue weighted by molar-refractivity contribution is 0.0946. The van der Waals surface area contributed by atoms with Crippen LogP contribution in [0.1, 0.15) is 24.3 Å². The van der Waals surface area contributed by atoms with E-state index in [9.17, 15) is 9.18 Å². The van der Waals surface area contributed by atoms with Crippen LogP contribution in [0.5, 0.6) is 0 Å². The topological polar surface area (TPSA) is 54.0 Å². The summed E-state index contributed by atoms with van der Waals surface area (Å²) >= 11 is 1.37. The number of aromatic nitrogens is 1. The molecule has 1 aromatic heterocycles. The van der Waals surface area contributed by atoms with Crippen molar-refractivity contribution < 1.29 is 9.18 Å². The van der Waals surface area contributed by atoms with E-state index in [4.69, 9.17) is 0 Å². The van der Waals surface area contributed by atoms with Gasteiger partial charge >= 0.3 is 0 Å². The van der Waals surface area contributed by atoms with Crippen molar-refractivity contribution in [3.8, 4) is 10.6 Å². The van der Waals surface area contributed by atoms with Gasteiger partial charge in [0.2, 0.25) is 0 Å². The molecule has 2 N–H and O–H groups in total. The SMILES string of the molecule is CCN[C@H](C)CNC(=O)c1csc(-c2ccc(F)cc2)n1.Cl.Cl. The highest BCUT2D eigenvalue weighted by molar-refractivity contribution is 7.13. The first kappa shape index (κ1) is 21.8. The second-order valence-corrected chi connectivity index (χ2v) is 5.57. The van der Waals surface area contributed by atoms with Gasteiger partial charge in [-0.25, -0.2) is 9.37 Å². The van der Waals surface area contributed by atoms with E-state index in [0.717, 1.165) is 12.1 Å². The van der Waals surface area contributed by atoms with Crippen LogP contribution in [0.4, 0.5) is 4.39 Å². The van der Waals surface area contributed by atoms with Crippen molar-refractivity contribution >= 4 is 42.1 Å². The number of hydrogen-bond acceptors (Lipinski definition) is 4. The molecule has 0 bridgehead atoms. The minimum absolute atomic E-state index is 0. The molecule has 1 heterocycles. The molecule has 2 rings (SSSR count). The van der Waals surface area contributed by atoms with Crippen molar-refractivity contribution in [1.82, 2.24) is 15.6 Å². The number of carbonyl (C=O) groups is 1. The molecule has 0 saturated heterocycles. The molecule has 1 atom stereocenters. The molecule has 2 aromatic rings. The van der Waals surface area contributed by atoms with Crippen LogP contribution in [0.3, 0.4) is 0 Å². The van der Waals surface area contributed by atoms with Crippen molar-refractivity contribution in [3.05, 3.63) is 41.2 Å². The average molecular weight is 380 g/mol. The molecule has 8 heteroatoms. The molecule has 0 aliphatic heterocycles. The zero-order chi connectivity index (χ0) is 15.2. The maximum atomic E-state index is 12.9. The molecular weight excluding hydrogens is 360 g/mol. The Hall–Kier alpha value is -1.21. The lowest BCUT2D eigenvalue weighted by atomic mass is 10.2. The number of halogens is 3. The number of thiazole rings is 1. The van der Waals surface area contributed by atoms with Crippen LogP contribution in [-0.4, -0.2) is 30.0 Å². The molecular formula is C15H20Cl2FN3OS. The Kier molecular flexibility index (Phi) is 9.99. The van der Waals surface area contributed by atoms with Crippen molar-refractivity contribution in [2.24, 2.45) is 0 Å². The van der Waals surface area contributed by atoms with Crippen LogP contribution in [0.2, 0.25) is 0 Å². The van der Waals surface area contributed by atoms with Gasteiger partial charge in [0.05, 0.1) is 0 Å². The van der Waals surface area contributed by atoms with Crippen LogP contribution >= 0.6 is 36.2 Å². The number of nitrogens with zero attached hydrogens (tertiary/aromatic N) is 1. The van der Waals surface area contributed by atoms with Crippen molar-refractivity contribution in [1.29, 1.82) is 0 Å². The van der Waals surface area contributed by atoms with Crippen LogP contribution in [0, 0.1) is 5.82 Å². The Morgan fingerprint density at radius 2 is 1.96 bits per heavy atom. The third kappa shape index (κ3) is 6.43. The molecule has 1 aromatic carbocycles. The number of hydrogen-bond donors (Lipinski definition) is 2. The zero-order valence-corrected chi connectivity index (χ0v) is 15.3. The van der Waals surface area contributed by atoms with Gasteiger partial charge in [-0.3, -0.25) is 4.79 Å². The van der Waals surface area contributed by atoms with E-state index in [2.05, 4.69) is 15.6 Å². The predicted molar refractivity (Wildman–Crippen MR) is 97.5 cm³/mol. The number of rotatable bonds is 6. The van der Waals surface area contributed by atoms with Gasteiger partial charge in [-0.2, -0.15) is 0 Å². The number of likely N-dealkylation sites (N-methyl/N-ethyl adjacent to an activating group) is 1. The van der Waals surface area contributed by atoms with Crippen LogP contribution in [-0.2, 0) is 0 Å². The van der Waals surface area contributed by atoms with E-state index in [1.54, 1.807) is 17.5 Å². The molecule has 0 aliphatic rings. The Balaban J connectivity index is 0.00000242. The van der Waals surface area contributed by atoms with Crippen LogP contribution in [0.25, 0.3) is 10.6 Å². The largest absolute Gasteiger partial charge is 0.349 e. The quantitative estimate of drug-likeness (QED) is 0.806. The van der Waals surface area contributed by atoms with Gasteiger partial charge in [-0.15, -0.1) is 36.2 Å². The standard InChI is InChI=1S/C15H18FN3OS.2ClH/c1-3-17-10(2)8-18-14(20)13-9-21-15(19-13)11-4-6-12(16)7-5-11;;/h4-7,9-10,17H,3,8H2,1-2H3,(H,18,20);2*1H/t10-;;/m1../s1. The van der Waals surface area contributed by atoms with Crippen molar-refractivity contribution in [2.75, 3.05) is 13.1 Å². The molecule has 0 saturated carbocycles. The smallest absolute Gasteiger partial charge is 0.270 e. The van der Waals surface area contributed by atoms with E-state index in [1.807, 2.05) is 13.8 Å². The second kappa shape index (κ2) is 10.5. The van der Waals surface area contributed by atoms with E-state index in [1.165, 1.54) is 23.5 Å². The maximum absolute atomic E-state index is 12.9. The van der Waals surface area contributed by atoms with Gasteiger partial charge in [0.25, 0.3) is 5.91 Å². The summed E-state index contributed by atoms with van der Waals surface area (Å²) in [5, 5.41) is 8.48. The van der Waals surface area contributed by atoms with Crippen LogP contribution in [0.15, 0.2) is 29.6 Å². The van der Waals surface area contributed by atoms with Gasteiger partial charge < -0.3 is 10.6 Å². The summed E-state index contributed by atoms with van der Waals surface area (Å²) in [4.78, 5) is 16.3. The summed E-state index contributed by atoms with van der Waals surface area (Å²) in [6.45, 7) is 5.45. The van der Waals surface area contributed by atoms with E-state index in [0.29, 0.717) is 17.2 Å². The number of carbonyl (C=O) groups excluding carboxylic acids is 1. The fourth-order valence-corrected chi connectivity index (χ4v) is 2.67. The predicted octanol–water partition coefficient (Wildman–Crippen LogP) is 3.52. The normalized spacial score (nSPS) is 11.1. The van der Waals surface area contributed by atoms with Crippen LogP contribution < -0.4 is 10.6 Å². The minimum atomic E-state index is -0.286. The summed E-state index contributed by atoms with van der Waals surface area (Å²) in [6, 6.07) is 6.30. The minimum Gasteiger partial charge on any atom is -0.349 e. The molecule has 128 valence electrons. The summed E-state index contributed by atoms with van der Waals surface area (Å²) < 4.78 is 12.9. The lowest BCUT2D eigenvalue weighted by Crippen LogP contribution is -2.38. The molecule has 1 amide bonds. The number of benzene rings is 1. The van der Waals surface area contributed by atoms with Gasteiger partial charge in [0.1, 0.15) is 16.5 Å². The molecule has 0 radical (unpaired) electrons. The molecule has 23 heavy (non-hydrogen) atoms. The fourth-order valence-electron chi connectivity index (χ4n) is 1.86. The Bertz CT molecular complexity index is 607. The first-order valence-corrected chi connectivity index (χ1v) is 7.71. The second-order valence-electron chi connectivity index (χ2n) is 4.71. The highest BCUT2D eigenvalue weighted by atomic mass is 35.5. The van der Waals surface area contributed by atoms with Gasteiger partial charge in [-0.1, -0.05) is 6.92 Å². The van der Waals surface area contributed by atoms with E-state index < -0.39 is 0 Å². The first-order valence-electron chi connectivity index (χ1n) is 6.83. The molecule has 0 spiro atoms. The van der Waals surface area contributed by atoms with Crippen molar-refractivity contribution in [2.45, 2.75) is 19.9 Å². The van der Waals surface area contributed by atoms with Gasteiger partial charge in [0.15, 0.2) is 0 Å². The third-order valence-corrected chi connectivity index (χ3v) is 3.84. The maximum Gasteiger partial charge on any atom is 0.270 e. The highest BCUT2D eigenvalue weighted by Gasteiger charge is 2.12. The lowest BCUT2D eigenvalue weighted by Gasteiger charge is -2.12. The highest BCUT2D eigenvalue weighted by Crippen LogP contribution is 2.23. The summed E-state index contributed by atoms with van der Waals surface area (Å²) in [6.07, 6.45) is 0. The van der Waals surface area contributed by atoms with Gasteiger partial charge in [0, 0.05) is 23.5 Å². The molecule has 4 nitrogen and oxygen atoms in total. The Morgan fingerprint density at radius 1 is 1.30 bits per heavy atom. The monoisotopic (exact) mass is 379 g/mol. The molecule has 0 unspecified atom stereocenters.